The number of carbonyl (C=O) groups excluding carboxylic acids is 2. The number of carbonyl (C=O) groups is 2. The van der Waals surface area contributed by atoms with Gasteiger partial charge in [0.05, 0.1) is 7.11 Å². The van der Waals surface area contributed by atoms with Gasteiger partial charge in [-0.05, 0) is 60.7 Å². The topological polar surface area (TPSA) is 77.1 Å². The second kappa shape index (κ2) is 13.0. The summed E-state index contributed by atoms with van der Waals surface area (Å²) < 4.78 is 16.3. The van der Waals surface area contributed by atoms with Crippen LogP contribution in [0, 0.1) is 0 Å². The number of nitrogens with zero attached hydrogens (tertiary/aromatic N) is 1. The van der Waals surface area contributed by atoms with Crippen LogP contribution in [0.25, 0.3) is 0 Å². The van der Waals surface area contributed by atoms with E-state index < -0.39 is 6.04 Å². The van der Waals surface area contributed by atoms with Gasteiger partial charge >= 0.3 is 0 Å². The van der Waals surface area contributed by atoms with Crippen LogP contribution in [-0.4, -0.2) is 42.7 Å². The minimum Gasteiger partial charge on any atom is -0.497 e. The standard InChI is InChI=1S/C31H36N2O5/c1-4-22(2)32-31(35)27(18-23-9-6-5-7-10-23)33(20-25-11-8-12-26(17-25)36-3)30(34)16-14-24-13-15-28-29(19-24)38-21-37-28/h5-13,15,17,19,22,27H,4,14,16,18,20-21H2,1-3H3,(H,32,35)/t22-,27+/m1/s1. The summed E-state index contributed by atoms with van der Waals surface area (Å²) >= 11 is 0. The Morgan fingerprint density at radius 2 is 1.71 bits per heavy atom. The number of fused-ring (bicyclic) bond motifs is 1. The number of ether oxygens (including phenoxy) is 3. The molecule has 38 heavy (non-hydrogen) atoms. The number of benzene rings is 3. The molecule has 1 N–H and O–H groups in total. The van der Waals surface area contributed by atoms with E-state index in [1.807, 2.05) is 86.6 Å². The first-order valence-corrected chi connectivity index (χ1v) is 13.1. The first-order valence-electron chi connectivity index (χ1n) is 13.1. The van der Waals surface area contributed by atoms with Crippen molar-refractivity contribution >= 4 is 11.8 Å². The molecule has 3 aromatic rings. The van der Waals surface area contributed by atoms with E-state index in [1.54, 1.807) is 12.0 Å². The summed E-state index contributed by atoms with van der Waals surface area (Å²) in [5, 5.41) is 3.11. The summed E-state index contributed by atoms with van der Waals surface area (Å²) in [6.45, 7) is 4.51. The van der Waals surface area contributed by atoms with Crippen LogP contribution >= 0.6 is 0 Å². The Kier molecular flexibility index (Phi) is 9.25. The molecular formula is C31H36N2O5. The van der Waals surface area contributed by atoms with Crippen LogP contribution in [-0.2, 0) is 29.0 Å². The molecular weight excluding hydrogens is 480 g/mol. The minimum absolute atomic E-state index is 0.00294. The molecule has 4 rings (SSSR count). The molecule has 0 bridgehead atoms. The predicted octanol–water partition coefficient (Wildman–Crippen LogP) is 4.91. The van der Waals surface area contributed by atoms with Gasteiger partial charge < -0.3 is 24.4 Å². The lowest BCUT2D eigenvalue weighted by molar-refractivity contribution is -0.141. The first-order chi connectivity index (χ1) is 18.5. The van der Waals surface area contributed by atoms with Gasteiger partial charge in [0.1, 0.15) is 11.8 Å². The third kappa shape index (κ3) is 7.06. The van der Waals surface area contributed by atoms with Crippen LogP contribution in [0.2, 0.25) is 0 Å². The molecule has 1 aliphatic rings. The number of nitrogens with one attached hydrogen (secondary N) is 1. The summed E-state index contributed by atoms with van der Waals surface area (Å²) in [7, 11) is 1.62. The summed E-state index contributed by atoms with van der Waals surface area (Å²) in [5.74, 6) is 1.87. The van der Waals surface area contributed by atoms with Gasteiger partial charge in [0.25, 0.3) is 0 Å². The van der Waals surface area contributed by atoms with Crippen molar-refractivity contribution in [3.8, 4) is 17.2 Å². The quantitative estimate of drug-likeness (QED) is 0.370. The second-order valence-corrected chi connectivity index (χ2v) is 9.58. The lowest BCUT2D eigenvalue weighted by Crippen LogP contribution is -2.52. The molecule has 1 aliphatic heterocycles. The van der Waals surface area contributed by atoms with E-state index >= 15 is 0 Å². The molecule has 0 fully saturated rings. The Hall–Kier alpha value is -4.00. The molecule has 0 unspecified atom stereocenters. The van der Waals surface area contributed by atoms with Crippen molar-refractivity contribution < 1.29 is 23.8 Å². The fraction of sp³-hybridized carbons (Fsp3) is 0.355. The Morgan fingerprint density at radius 3 is 2.47 bits per heavy atom. The SMILES string of the molecule is CC[C@@H](C)NC(=O)[C@H](Cc1ccccc1)N(Cc1cccc(OC)c1)C(=O)CCc1ccc2c(c1)OCO2. The lowest BCUT2D eigenvalue weighted by Gasteiger charge is -2.32. The van der Waals surface area contributed by atoms with E-state index in [0.717, 1.165) is 23.1 Å². The fourth-order valence-electron chi connectivity index (χ4n) is 4.45. The van der Waals surface area contributed by atoms with Crippen LogP contribution in [0.4, 0.5) is 0 Å². The van der Waals surface area contributed by atoms with Crippen LogP contribution in [0.5, 0.6) is 17.2 Å². The number of methoxy groups -OCH3 is 1. The van der Waals surface area contributed by atoms with Crippen molar-refractivity contribution in [2.24, 2.45) is 0 Å². The number of hydrogen-bond acceptors (Lipinski definition) is 5. The van der Waals surface area contributed by atoms with Crippen molar-refractivity contribution in [1.29, 1.82) is 0 Å². The van der Waals surface area contributed by atoms with E-state index in [2.05, 4.69) is 5.32 Å². The Bertz CT molecular complexity index is 1230. The molecule has 0 aromatic heterocycles. The molecule has 1 heterocycles. The predicted molar refractivity (Wildman–Crippen MR) is 146 cm³/mol. The number of aryl methyl sites for hydroxylation is 1. The van der Waals surface area contributed by atoms with Crippen LogP contribution < -0.4 is 19.5 Å². The lowest BCUT2D eigenvalue weighted by atomic mass is 10.0. The summed E-state index contributed by atoms with van der Waals surface area (Å²) in [6.07, 6.45) is 2.00. The highest BCUT2D eigenvalue weighted by atomic mass is 16.7. The second-order valence-electron chi connectivity index (χ2n) is 9.58. The van der Waals surface area contributed by atoms with E-state index in [4.69, 9.17) is 14.2 Å². The Balaban J connectivity index is 1.61. The number of hydrogen-bond donors (Lipinski definition) is 1. The highest BCUT2D eigenvalue weighted by molar-refractivity contribution is 5.88. The van der Waals surface area contributed by atoms with Gasteiger partial charge in [0.15, 0.2) is 11.5 Å². The summed E-state index contributed by atoms with van der Waals surface area (Å²) in [5.41, 5.74) is 2.87. The van der Waals surface area contributed by atoms with Crippen molar-refractivity contribution in [3.63, 3.8) is 0 Å². The van der Waals surface area contributed by atoms with E-state index in [9.17, 15) is 9.59 Å². The average molecular weight is 517 g/mol. The van der Waals surface area contributed by atoms with Gasteiger partial charge in [0, 0.05) is 25.4 Å². The summed E-state index contributed by atoms with van der Waals surface area (Å²) in [4.78, 5) is 29.2. The van der Waals surface area contributed by atoms with Gasteiger partial charge in [-0.25, -0.2) is 0 Å². The van der Waals surface area contributed by atoms with E-state index in [1.165, 1.54) is 0 Å². The average Bonchev–Trinajstić information content (AvgIpc) is 3.42. The molecule has 0 spiro atoms. The highest BCUT2D eigenvalue weighted by Gasteiger charge is 2.31. The zero-order chi connectivity index (χ0) is 26.9. The summed E-state index contributed by atoms with van der Waals surface area (Å²) in [6, 6.07) is 22.5. The normalized spacial score (nSPS) is 13.4. The fourth-order valence-corrected chi connectivity index (χ4v) is 4.45. The Morgan fingerprint density at radius 1 is 0.947 bits per heavy atom. The maximum Gasteiger partial charge on any atom is 0.243 e. The smallest absolute Gasteiger partial charge is 0.243 e. The molecule has 3 aromatic carbocycles. The van der Waals surface area contributed by atoms with Crippen LogP contribution in [0.1, 0.15) is 43.4 Å². The van der Waals surface area contributed by atoms with Crippen molar-refractivity contribution in [2.45, 2.75) is 58.2 Å². The molecule has 0 aliphatic carbocycles. The monoisotopic (exact) mass is 516 g/mol. The Labute approximate surface area is 224 Å². The van der Waals surface area contributed by atoms with Crippen LogP contribution in [0.3, 0.4) is 0 Å². The number of amides is 2. The third-order valence-corrected chi connectivity index (χ3v) is 6.82. The molecule has 7 nitrogen and oxygen atoms in total. The van der Waals surface area contributed by atoms with Crippen LogP contribution in [0.15, 0.2) is 72.8 Å². The molecule has 200 valence electrons. The van der Waals surface area contributed by atoms with Crippen molar-refractivity contribution in [1.82, 2.24) is 10.2 Å². The number of rotatable bonds is 12. The first kappa shape index (κ1) is 27.0. The maximum atomic E-state index is 13.9. The molecule has 2 amide bonds. The zero-order valence-corrected chi connectivity index (χ0v) is 22.3. The third-order valence-electron chi connectivity index (χ3n) is 6.82. The van der Waals surface area contributed by atoms with Crippen molar-refractivity contribution in [3.05, 3.63) is 89.5 Å². The highest BCUT2D eigenvalue weighted by Crippen LogP contribution is 2.33. The molecule has 2 atom stereocenters. The molecule has 0 radical (unpaired) electrons. The van der Waals surface area contributed by atoms with E-state index in [0.29, 0.717) is 36.6 Å². The van der Waals surface area contributed by atoms with Gasteiger partial charge in [-0.2, -0.15) is 0 Å². The minimum atomic E-state index is -0.665. The largest absolute Gasteiger partial charge is 0.497 e. The molecule has 7 heteroatoms. The molecule has 0 saturated carbocycles. The maximum absolute atomic E-state index is 13.9. The van der Waals surface area contributed by atoms with Gasteiger partial charge in [-0.3, -0.25) is 9.59 Å². The van der Waals surface area contributed by atoms with Gasteiger partial charge in [0.2, 0.25) is 18.6 Å². The van der Waals surface area contributed by atoms with Crippen molar-refractivity contribution in [2.75, 3.05) is 13.9 Å². The van der Waals surface area contributed by atoms with Gasteiger partial charge in [-0.1, -0.05) is 55.5 Å². The van der Waals surface area contributed by atoms with E-state index in [-0.39, 0.29) is 31.1 Å². The van der Waals surface area contributed by atoms with Gasteiger partial charge in [-0.15, -0.1) is 0 Å². The zero-order valence-electron chi connectivity index (χ0n) is 22.3. The molecule has 0 saturated heterocycles.